The Hall–Kier alpha value is -1.10. The predicted octanol–water partition coefficient (Wildman–Crippen LogP) is 2.78. The maximum atomic E-state index is 10.9. The third kappa shape index (κ3) is 2.77. The highest BCUT2D eigenvalue weighted by Crippen LogP contribution is 2.29. The minimum Gasteiger partial charge on any atom is -0.476 e. The van der Waals surface area contributed by atoms with Crippen LogP contribution in [-0.2, 0) is 0 Å². The Morgan fingerprint density at radius 3 is 2.71 bits per heavy atom. The number of hydrogen-bond acceptors (Lipinski definition) is 4. The van der Waals surface area contributed by atoms with Gasteiger partial charge in [-0.2, -0.15) is 0 Å². The second kappa shape index (κ2) is 5.04. The molecule has 0 bridgehead atoms. The number of hydrogen-bond donors (Lipinski definition) is 1. The first-order valence-electron chi connectivity index (χ1n) is 5.99. The van der Waals surface area contributed by atoms with Crippen molar-refractivity contribution in [3.8, 4) is 0 Å². The fraction of sp³-hybridized carbons (Fsp3) is 0.667. The van der Waals surface area contributed by atoms with Gasteiger partial charge in [0.2, 0.25) is 0 Å². The summed E-state index contributed by atoms with van der Waals surface area (Å²) in [7, 11) is 2.00. The average molecular weight is 254 g/mol. The summed E-state index contributed by atoms with van der Waals surface area (Å²) < 4.78 is 0. The maximum Gasteiger partial charge on any atom is 0.355 e. The molecule has 1 aromatic rings. The number of nitrogens with zero attached hydrogens (tertiary/aromatic N) is 2. The van der Waals surface area contributed by atoms with Gasteiger partial charge in [-0.1, -0.05) is 12.8 Å². The van der Waals surface area contributed by atoms with Crippen molar-refractivity contribution in [2.75, 3.05) is 18.5 Å². The van der Waals surface area contributed by atoms with Crippen molar-refractivity contribution < 1.29 is 9.90 Å². The van der Waals surface area contributed by atoms with E-state index in [9.17, 15) is 4.79 Å². The maximum absolute atomic E-state index is 10.9. The van der Waals surface area contributed by atoms with Crippen molar-refractivity contribution >= 4 is 22.4 Å². The zero-order valence-corrected chi connectivity index (χ0v) is 11.1. The van der Waals surface area contributed by atoms with Crippen molar-refractivity contribution in [3.05, 3.63) is 10.6 Å². The molecule has 1 aliphatic rings. The third-order valence-corrected chi connectivity index (χ3v) is 4.41. The summed E-state index contributed by atoms with van der Waals surface area (Å²) in [6.07, 6.45) is 5.24. The highest BCUT2D eigenvalue weighted by Gasteiger charge is 2.20. The van der Waals surface area contributed by atoms with Crippen LogP contribution in [0.5, 0.6) is 0 Å². The molecule has 1 saturated carbocycles. The fourth-order valence-electron chi connectivity index (χ4n) is 2.40. The number of aromatic nitrogens is 1. The lowest BCUT2D eigenvalue weighted by molar-refractivity contribution is 0.0690. The molecule has 1 heterocycles. The van der Waals surface area contributed by atoms with Gasteiger partial charge < -0.3 is 10.0 Å². The quantitative estimate of drug-likeness (QED) is 0.897. The van der Waals surface area contributed by atoms with Gasteiger partial charge >= 0.3 is 5.97 Å². The van der Waals surface area contributed by atoms with Crippen molar-refractivity contribution in [2.24, 2.45) is 5.92 Å². The number of rotatable bonds is 4. The van der Waals surface area contributed by atoms with E-state index in [0.29, 0.717) is 0 Å². The lowest BCUT2D eigenvalue weighted by atomic mass is 10.1. The predicted molar refractivity (Wildman–Crippen MR) is 69.0 cm³/mol. The van der Waals surface area contributed by atoms with E-state index in [1.807, 2.05) is 14.0 Å². The standard InChI is InChI=1S/C12H18N2O2S/c1-8-10(11(15)16)13-12(17-8)14(2)7-9-5-3-4-6-9/h9H,3-7H2,1-2H3,(H,15,16). The number of carbonyl (C=O) groups is 1. The number of thiazole rings is 1. The molecule has 0 amide bonds. The zero-order chi connectivity index (χ0) is 12.4. The highest BCUT2D eigenvalue weighted by molar-refractivity contribution is 7.15. The van der Waals surface area contributed by atoms with E-state index in [0.717, 1.165) is 22.5 Å². The van der Waals surface area contributed by atoms with Crippen LogP contribution < -0.4 is 4.90 Å². The molecule has 94 valence electrons. The average Bonchev–Trinajstić information content (AvgIpc) is 2.86. The van der Waals surface area contributed by atoms with E-state index in [2.05, 4.69) is 9.88 Å². The van der Waals surface area contributed by atoms with Crippen LogP contribution in [0.4, 0.5) is 5.13 Å². The van der Waals surface area contributed by atoms with E-state index >= 15 is 0 Å². The second-order valence-corrected chi connectivity index (χ2v) is 5.92. The molecule has 0 radical (unpaired) electrons. The molecule has 0 atom stereocenters. The van der Waals surface area contributed by atoms with Crippen molar-refractivity contribution in [1.82, 2.24) is 4.98 Å². The molecule has 1 N–H and O–H groups in total. The van der Waals surface area contributed by atoms with Gasteiger partial charge in [-0.05, 0) is 25.7 Å². The Morgan fingerprint density at radius 2 is 2.18 bits per heavy atom. The Labute approximate surface area is 105 Å². The molecule has 1 aliphatic carbocycles. The van der Waals surface area contributed by atoms with Gasteiger partial charge in [0.15, 0.2) is 10.8 Å². The summed E-state index contributed by atoms with van der Waals surface area (Å²) in [4.78, 5) is 18.0. The van der Waals surface area contributed by atoms with Gasteiger partial charge in [-0.3, -0.25) is 0 Å². The third-order valence-electron chi connectivity index (χ3n) is 3.32. The molecular weight excluding hydrogens is 236 g/mol. The molecule has 1 aromatic heterocycles. The Kier molecular flexibility index (Phi) is 3.66. The molecule has 0 unspecified atom stereocenters. The molecule has 5 heteroatoms. The molecule has 17 heavy (non-hydrogen) atoms. The molecule has 1 fully saturated rings. The van der Waals surface area contributed by atoms with Gasteiger partial charge in [0.1, 0.15) is 0 Å². The first kappa shape index (κ1) is 12.4. The van der Waals surface area contributed by atoms with Crippen molar-refractivity contribution in [3.63, 3.8) is 0 Å². The fourth-order valence-corrected chi connectivity index (χ4v) is 3.27. The van der Waals surface area contributed by atoms with E-state index in [1.165, 1.54) is 37.0 Å². The van der Waals surface area contributed by atoms with E-state index in [4.69, 9.17) is 5.11 Å². The topological polar surface area (TPSA) is 53.4 Å². The Balaban J connectivity index is 2.05. The monoisotopic (exact) mass is 254 g/mol. The molecule has 0 saturated heterocycles. The van der Waals surface area contributed by atoms with E-state index < -0.39 is 5.97 Å². The minimum atomic E-state index is -0.931. The van der Waals surface area contributed by atoms with Crippen LogP contribution in [-0.4, -0.2) is 29.7 Å². The summed E-state index contributed by atoms with van der Waals surface area (Å²) in [5.41, 5.74) is 0.197. The van der Waals surface area contributed by atoms with Gasteiger partial charge in [-0.25, -0.2) is 9.78 Å². The second-order valence-electron chi connectivity index (χ2n) is 4.74. The van der Waals surface area contributed by atoms with E-state index in [-0.39, 0.29) is 5.69 Å². The van der Waals surface area contributed by atoms with Crippen LogP contribution in [0.3, 0.4) is 0 Å². The summed E-state index contributed by atoms with van der Waals surface area (Å²) in [5.74, 6) is -0.184. The first-order chi connectivity index (χ1) is 8.08. The van der Waals surface area contributed by atoms with Crippen LogP contribution in [0, 0.1) is 12.8 Å². The van der Waals surface area contributed by atoms with Crippen molar-refractivity contribution in [2.45, 2.75) is 32.6 Å². The summed E-state index contributed by atoms with van der Waals surface area (Å²) in [5, 5.41) is 9.80. The molecule has 0 aliphatic heterocycles. The van der Waals surface area contributed by atoms with Crippen LogP contribution in [0.15, 0.2) is 0 Å². The summed E-state index contributed by atoms with van der Waals surface area (Å²) >= 11 is 1.47. The molecule has 0 spiro atoms. The number of carboxylic acids is 1. The molecular formula is C12H18N2O2S. The van der Waals surface area contributed by atoms with Crippen LogP contribution >= 0.6 is 11.3 Å². The van der Waals surface area contributed by atoms with Gasteiger partial charge in [0.05, 0.1) is 0 Å². The van der Waals surface area contributed by atoms with Gasteiger partial charge in [0, 0.05) is 18.5 Å². The van der Waals surface area contributed by atoms with Crippen LogP contribution in [0.1, 0.15) is 41.0 Å². The number of carboxylic acid groups (broad SMARTS) is 1. The van der Waals surface area contributed by atoms with Crippen LogP contribution in [0.25, 0.3) is 0 Å². The van der Waals surface area contributed by atoms with Crippen LogP contribution in [0.2, 0.25) is 0 Å². The Morgan fingerprint density at radius 1 is 1.53 bits per heavy atom. The molecule has 2 rings (SSSR count). The lowest BCUT2D eigenvalue weighted by Crippen LogP contribution is -2.23. The summed E-state index contributed by atoms with van der Waals surface area (Å²) in [6.45, 7) is 2.81. The number of aromatic carboxylic acids is 1. The minimum absolute atomic E-state index is 0.197. The van der Waals surface area contributed by atoms with Crippen molar-refractivity contribution in [1.29, 1.82) is 0 Å². The number of aryl methyl sites for hydroxylation is 1. The highest BCUT2D eigenvalue weighted by atomic mass is 32.1. The van der Waals surface area contributed by atoms with E-state index in [1.54, 1.807) is 0 Å². The largest absolute Gasteiger partial charge is 0.476 e. The van der Waals surface area contributed by atoms with Gasteiger partial charge in [0.25, 0.3) is 0 Å². The first-order valence-corrected chi connectivity index (χ1v) is 6.81. The smallest absolute Gasteiger partial charge is 0.355 e. The molecule has 4 nitrogen and oxygen atoms in total. The SMILES string of the molecule is Cc1sc(N(C)CC2CCCC2)nc1C(=O)O. The molecule has 0 aromatic carbocycles. The number of anilines is 1. The van der Waals surface area contributed by atoms with Gasteiger partial charge in [-0.15, -0.1) is 11.3 Å². The lowest BCUT2D eigenvalue weighted by Gasteiger charge is -2.19. The zero-order valence-electron chi connectivity index (χ0n) is 10.3. The summed E-state index contributed by atoms with van der Waals surface area (Å²) in [6, 6.07) is 0. The normalized spacial score (nSPS) is 16.4. The Bertz CT molecular complexity index is 411.